The molecule has 27 heavy (non-hydrogen) atoms. The summed E-state index contributed by atoms with van der Waals surface area (Å²) in [5.41, 5.74) is 0.499. The first-order chi connectivity index (χ1) is 12.8. The number of carbonyl (C=O) groups excluding carboxylic acids is 1. The van der Waals surface area contributed by atoms with E-state index in [4.69, 9.17) is 27.9 Å². The first-order valence-electron chi connectivity index (χ1n) is 7.40. The molecule has 0 fully saturated rings. The molecule has 136 valence electrons. The Balaban J connectivity index is 1.78. The van der Waals surface area contributed by atoms with E-state index in [1.165, 1.54) is 0 Å². The highest BCUT2D eigenvalue weighted by atomic mass is 127. The van der Waals surface area contributed by atoms with Crippen molar-refractivity contribution in [2.24, 2.45) is 0 Å². The maximum absolute atomic E-state index is 12.4. The van der Waals surface area contributed by atoms with E-state index in [2.05, 4.69) is 17.4 Å². The number of phenolic OH excluding ortho intramolecular Hbond substituents is 1. The summed E-state index contributed by atoms with van der Waals surface area (Å²) in [6.45, 7) is 0. The van der Waals surface area contributed by atoms with Crippen LogP contribution in [0.2, 0.25) is 10.0 Å². The van der Waals surface area contributed by atoms with Crippen LogP contribution in [0.1, 0.15) is 10.4 Å². The Morgan fingerprint density at radius 2 is 1.78 bits per heavy atom. The number of aromatic hydroxyl groups is 1. The highest BCUT2D eigenvalue weighted by Crippen LogP contribution is 2.33. The Morgan fingerprint density at radius 1 is 1.07 bits per heavy atom. The molecule has 0 heterocycles. The third kappa shape index (κ3) is 5.18. The Labute approximate surface area is 193 Å². The number of hydrogen-bond donors (Lipinski definition) is 2. The predicted octanol–water partition coefficient (Wildman–Crippen LogP) is 6.55. The summed E-state index contributed by atoms with van der Waals surface area (Å²) in [7, 11) is 0. The average molecular weight is 630 g/mol. The molecule has 0 aliphatic carbocycles. The fourth-order valence-electron chi connectivity index (χ4n) is 2.11. The lowest BCUT2D eigenvalue weighted by molar-refractivity contribution is 0.102. The van der Waals surface area contributed by atoms with Crippen LogP contribution >= 0.6 is 68.4 Å². The van der Waals surface area contributed by atoms with Crippen LogP contribution in [0, 0.1) is 19.3 Å². The monoisotopic (exact) mass is 629 g/mol. The second kappa shape index (κ2) is 8.85. The van der Waals surface area contributed by atoms with Gasteiger partial charge in [-0.25, -0.2) is 0 Å². The average Bonchev–Trinajstić information content (AvgIpc) is 2.62. The second-order valence-corrected chi connectivity index (χ2v) is 8.26. The molecule has 8 heteroatoms. The molecule has 3 aromatic rings. The molecule has 3 aromatic carbocycles. The number of benzene rings is 3. The Hall–Kier alpha value is -1.23. The smallest absolute Gasteiger partial charge is 0.260 e. The van der Waals surface area contributed by atoms with Crippen LogP contribution < -0.4 is 10.1 Å². The van der Waals surface area contributed by atoms with Crippen molar-refractivity contribution in [3.8, 4) is 17.2 Å². The van der Waals surface area contributed by atoms with E-state index in [-0.39, 0.29) is 11.3 Å². The van der Waals surface area contributed by atoms with Gasteiger partial charge >= 0.3 is 0 Å². The van der Waals surface area contributed by atoms with Crippen molar-refractivity contribution in [2.45, 2.75) is 0 Å². The molecule has 3 rings (SSSR count). The number of anilines is 1. The zero-order chi connectivity index (χ0) is 19.6. The van der Waals surface area contributed by atoms with Crippen molar-refractivity contribution in [3.63, 3.8) is 0 Å². The Bertz CT molecular complexity index is 1010. The predicted molar refractivity (Wildman–Crippen MR) is 122 cm³/mol. The van der Waals surface area contributed by atoms with Gasteiger partial charge in [0.05, 0.1) is 14.2 Å². The van der Waals surface area contributed by atoms with Crippen molar-refractivity contribution in [1.29, 1.82) is 0 Å². The molecule has 1 amide bonds. The van der Waals surface area contributed by atoms with Gasteiger partial charge in [0, 0.05) is 26.4 Å². The first kappa shape index (κ1) is 20.5. The number of ether oxygens (including phenoxy) is 1. The number of hydrogen-bond acceptors (Lipinski definition) is 3. The molecule has 2 N–H and O–H groups in total. The first-order valence-corrected chi connectivity index (χ1v) is 10.3. The van der Waals surface area contributed by atoms with Crippen molar-refractivity contribution in [1.82, 2.24) is 0 Å². The molecular formula is C19H9Cl2I2NO3. The SMILES string of the molecule is O=C(Nc1ccc(Oc2ccc(Cl)cc2)c(Cl)c1)[13c]1[13c][13c](I)[13c][13c](I)[13c]1O. The summed E-state index contributed by atoms with van der Waals surface area (Å²) < 4.78 is 6.75. The molecule has 0 aliphatic rings. The normalized spacial score (nSPS) is 10.5. The minimum absolute atomic E-state index is 0.0418. The molecule has 0 aliphatic heterocycles. The quantitative estimate of drug-likeness (QED) is 0.322. The van der Waals surface area contributed by atoms with E-state index in [1.54, 1.807) is 42.5 Å². The number of rotatable bonds is 4. The van der Waals surface area contributed by atoms with E-state index in [1.807, 2.05) is 45.2 Å². The second-order valence-electron chi connectivity index (χ2n) is 5.26. The molecule has 0 spiro atoms. The summed E-state index contributed by atoms with van der Waals surface area (Å²) in [6.07, 6.45) is 0. The van der Waals surface area contributed by atoms with E-state index in [0.29, 0.717) is 34.4 Å². The van der Waals surface area contributed by atoms with E-state index in [0.717, 1.165) is 0 Å². The van der Waals surface area contributed by atoms with Gasteiger partial charge in [-0.1, -0.05) is 23.2 Å². The molecule has 0 aromatic heterocycles. The molecule has 0 saturated carbocycles. The Kier molecular flexibility index (Phi) is 6.72. The van der Waals surface area contributed by atoms with Gasteiger partial charge in [0.25, 0.3) is 5.91 Å². The number of nitrogens with one attached hydrogen (secondary N) is 1. The molecule has 2 radical (unpaired) electrons. The summed E-state index contributed by atoms with van der Waals surface area (Å²) in [5.74, 6) is 0.356. The summed E-state index contributed by atoms with van der Waals surface area (Å²) >= 11 is 16.0. The molecular weight excluding hydrogens is 621 g/mol. The minimum Gasteiger partial charge on any atom is -0.506 e. The van der Waals surface area contributed by atoms with Gasteiger partial charge in [0.2, 0.25) is 0 Å². The van der Waals surface area contributed by atoms with Crippen molar-refractivity contribution >= 4 is 80.0 Å². The van der Waals surface area contributed by atoms with Crippen molar-refractivity contribution in [3.05, 3.63) is 77.3 Å². The van der Waals surface area contributed by atoms with Gasteiger partial charge < -0.3 is 15.2 Å². The zero-order valence-electron chi connectivity index (χ0n) is 13.3. The summed E-state index contributed by atoms with van der Waals surface area (Å²) in [6, 6.07) is 17.4. The van der Waals surface area contributed by atoms with Crippen LogP contribution in [-0.2, 0) is 0 Å². The largest absolute Gasteiger partial charge is 0.506 e. The van der Waals surface area contributed by atoms with Crippen molar-refractivity contribution in [2.75, 3.05) is 5.32 Å². The van der Waals surface area contributed by atoms with Gasteiger partial charge in [0.15, 0.2) is 0 Å². The summed E-state index contributed by atoms with van der Waals surface area (Å²) in [4.78, 5) is 12.4. The van der Waals surface area contributed by atoms with Crippen molar-refractivity contribution < 1.29 is 14.6 Å². The zero-order valence-corrected chi connectivity index (χ0v) is 19.1. The standard InChI is InChI=1S/C19H9Cl2I2NO3/c20-10-1-4-13(5-2-10)27-17-6-3-12(9-15(17)21)24-19(26)14-7-11(22)8-16(23)18(14)25/h1-6,9,25H,(H,24,26)/i7+1,8+1,11+1,14+1,16+1,18+1. The molecule has 0 saturated heterocycles. The molecule has 0 atom stereocenters. The minimum atomic E-state index is -0.500. The maximum atomic E-state index is 12.4. The van der Waals surface area contributed by atoms with Crippen LogP contribution in [0.4, 0.5) is 5.69 Å². The fourth-order valence-corrected chi connectivity index (χ4v) is 4.05. The van der Waals surface area contributed by atoms with Crippen LogP contribution in [0.3, 0.4) is 0 Å². The third-order valence-corrected chi connectivity index (χ3v) is 5.22. The third-order valence-electron chi connectivity index (χ3n) is 3.36. The lowest BCUT2D eigenvalue weighted by atomic mass is 10.3. The van der Waals surface area contributed by atoms with E-state index in [9.17, 15) is 9.90 Å². The topological polar surface area (TPSA) is 58.6 Å². The molecule has 4 nitrogen and oxygen atoms in total. The lowest BCUT2D eigenvalue weighted by Gasteiger charge is -2.11. The Morgan fingerprint density at radius 3 is 2.44 bits per heavy atom. The highest BCUT2D eigenvalue weighted by Gasteiger charge is 2.16. The molecule has 0 bridgehead atoms. The van der Waals surface area contributed by atoms with E-state index < -0.39 is 5.91 Å². The van der Waals surface area contributed by atoms with Gasteiger partial charge in [-0.3, -0.25) is 4.79 Å². The van der Waals surface area contributed by atoms with Gasteiger partial charge in [0.1, 0.15) is 17.2 Å². The van der Waals surface area contributed by atoms with Crippen LogP contribution in [0.5, 0.6) is 17.2 Å². The maximum Gasteiger partial charge on any atom is 0.260 e. The van der Waals surface area contributed by atoms with E-state index >= 15 is 0 Å². The summed E-state index contributed by atoms with van der Waals surface area (Å²) in [5, 5.41) is 13.7. The van der Waals surface area contributed by atoms with Gasteiger partial charge in [-0.2, -0.15) is 0 Å². The number of phenols is 1. The van der Waals surface area contributed by atoms with Gasteiger partial charge in [-0.15, -0.1) is 0 Å². The van der Waals surface area contributed by atoms with Crippen LogP contribution in [0.15, 0.2) is 42.5 Å². The highest BCUT2D eigenvalue weighted by molar-refractivity contribution is 14.1. The fraction of sp³-hybridized carbons (Fsp3) is 0. The van der Waals surface area contributed by atoms with Gasteiger partial charge in [-0.05, 0) is 87.6 Å². The number of carbonyl (C=O) groups is 1. The number of amides is 1. The lowest BCUT2D eigenvalue weighted by Crippen LogP contribution is -2.13. The molecule has 0 unspecified atom stereocenters. The van der Waals surface area contributed by atoms with Crippen LogP contribution in [0.25, 0.3) is 0 Å². The number of halogens is 4. The van der Waals surface area contributed by atoms with Crippen LogP contribution in [-0.4, -0.2) is 11.0 Å².